The Morgan fingerprint density at radius 2 is 2.27 bits per heavy atom. The molecule has 2 nitrogen and oxygen atoms in total. The van der Waals surface area contributed by atoms with Crippen LogP contribution in [-0.2, 0) is 11.2 Å². The normalized spacial score (nSPS) is 16.8. The second-order valence-corrected chi connectivity index (χ2v) is 4.93. The number of carbonyl (C=O) groups is 1. The van der Waals surface area contributed by atoms with Gasteiger partial charge in [0.25, 0.3) is 0 Å². The van der Waals surface area contributed by atoms with E-state index in [9.17, 15) is 4.79 Å². The van der Waals surface area contributed by atoms with Crippen LogP contribution in [-0.4, -0.2) is 12.5 Å². The highest BCUT2D eigenvalue weighted by Crippen LogP contribution is 2.24. The van der Waals surface area contributed by atoms with Gasteiger partial charge in [0.15, 0.2) is 0 Å². The maximum atomic E-state index is 11.7. The fourth-order valence-electron chi connectivity index (χ4n) is 2.10. The largest absolute Gasteiger partial charge is 0.356 e. The van der Waals surface area contributed by atoms with Crippen LogP contribution in [0.4, 0.5) is 0 Å². The number of rotatable bonds is 4. The van der Waals surface area contributed by atoms with Gasteiger partial charge >= 0.3 is 0 Å². The first-order valence-electron chi connectivity index (χ1n) is 5.65. The summed E-state index contributed by atoms with van der Waals surface area (Å²) in [5, 5.41) is 7.25. The van der Waals surface area contributed by atoms with Crippen molar-refractivity contribution in [1.29, 1.82) is 0 Å². The molecule has 0 aromatic carbocycles. The predicted molar refractivity (Wildman–Crippen MR) is 63.0 cm³/mol. The predicted octanol–water partition coefficient (Wildman–Crippen LogP) is 2.60. The summed E-state index contributed by atoms with van der Waals surface area (Å²) >= 11 is 1.71. The van der Waals surface area contributed by atoms with E-state index in [4.69, 9.17) is 0 Å². The lowest BCUT2D eigenvalue weighted by molar-refractivity contribution is -0.124. The van der Waals surface area contributed by atoms with Gasteiger partial charge in [-0.1, -0.05) is 12.8 Å². The summed E-state index contributed by atoms with van der Waals surface area (Å²) < 4.78 is 0. The van der Waals surface area contributed by atoms with Crippen molar-refractivity contribution in [2.24, 2.45) is 5.92 Å². The molecule has 1 N–H and O–H groups in total. The van der Waals surface area contributed by atoms with E-state index in [1.165, 1.54) is 18.4 Å². The topological polar surface area (TPSA) is 29.1 Å². The summed E-state index contributed by atoms with van der Waals surface area (Å²) in [6, 6.07) is 2.12. The Hall–Kier alpha value is -0.830. The third kappa shape index (κ3) is 3.06. The molecule has 1 saturated carbocycles. The Balaban J connectivity index is 1.67. The van der Waals surface area contributed by atoms with Crippen LogP contribution in [0.2, 0.25) is 0 Å². The monoisotopic (exact) mass is 223 g/mol. The van der Waals surface area contributed by atoms with Gasteiger partial charge in [-0.15, -0.1) is 0 Å². The highest BCUT2D eigenvalue weighted by Gasteiger charge is 2.21. The lowest BCUT2D eigenvalue weighted by Gasteiger charge is -2.09. The molecule has 3 heteroatoms. The Morgan fingerprint density at radius 1 is 1.47 bits per heavy atom. The van der Waals surface area contributed by atoms with Crippen LogP contribution in [0.5, 0.6) is 0 Å². The van der Waals surface area contributed by atoms with E-state index in [0.29, 0.717) is 5.92 Å². The van der Waals surface area contributed by atoms with Gasteiger partial charge in [0.1, 0.15) is 0 Å². The average molecular weight is 223 g/mol. The van der Waals surface area contributed by atoms with Crippen LogP contribution in [0.3, 0.4) is 0 Å². The average Bonchev–Trinajstić information content (AvgIpc) is 2.90. The number of carbonyl (C=O) groups excluding carboxylic acids is 1. The minimum absolute atomic E-state index is 0.266. The minimum atomic E-state index is 0.266. The molecule has 1 fully saturated rings. The summed E-state index contributed by atoms with van der Waals surface area (Å²) in [6.45, 7) is 0.784. The first kappa shape index (κ1) is 10.7. The summed E-state index contributed by atoms with van der Waals surface area (Å²) in [6.07, 6.45) is 5.59. The molecular weight excluding hydrogens is 206 g/mol. The van der Waals surface area contributed by atoms with Crippen LogP contribution < -0.4 is 5.32 Å². The second kappa shape index (κ2) is 5.31. The van der Waals surface area contributed by atoms with Gasteiger partial charge in [-0.3, -0.25) is 4.79 Å². The van der Waals surface area contributed by atoms with E-state index >= 15 is 0 Å². The van der Waals surface area contributed by atoms with E-state index in [1.54, 1.807) is 11.3 Å². The summed E-state index contributed by atoms with van der Waals surface area (Å²) in [5.74, 6) is 0.565. The third-order valence-electron chi connectivity index (χ3n) is 3.02. The summed E-state index contributed by atoms with van der Waals surface area (Å²) in [4.78, 5) is 11.7. The van der Waals surface area contributed by atoms with Crippen LogP contribution in [0.25, 0.3) is 0 Å². The molecule has 1 aliphatic rings. The molecule has 1 heterocycles. The Bertz CT molecular complexity index is 301. The van der Waals surface area contributed by atoms with Crippen molar-refractivity contribution in [3.63, 3.8) is 0 Å². The number of thiophene rings is 1. The van der Waals surface area contributed by atoms with Gasteiger partial charge in [-0.25, -0.2) is 0 Å². The van der Waals surface area contributed by atoms with E-state index in [-0.39, 0.29) is 5.91 Å². The maximum Gasteiger partial charge on any atom is 0.223 e. The van der Waals surface area contributed by atoms with Crippen molar-refractivity contribution in [1.82, 2.24) is 5.32 Å². The van der Waals surface area contributed by atoms with Gasteiger partial charge in [-0.05, 0) is 41.7 Å². The minimum Gasteiger partial charge on any atom is -0.356 e. The lowest BCUT2D eigenvalue weighted by Crippen LogP contribution is -2.30. The van der Waals surface area contributed by atoms with Crippen molar-refractivity contribution in [2.45, 2.75) is 32.1 Å². The Kier molecular flexibility index (Phi) is 3.78. The fourth-order valence-corrected chi connectivity index (χ4v) is 2.80. The number of amides is 1. The summed E-state index contributed by atoms with van der Waals surface area (Å²) in [7, 11) is 0. The zero-order valence-electron chi connectivity index (χ0n) is 8.87. The van der Waals surface area contributed by atoms with Crippen molar-refractivity contribution in [3.05, 3.63) is 22.4 Å². The number of nitrogens with one attached hydrogen (secondary N) is 1. The van der Waals surface area contributed by atoms with E-state index in [1.807, 2.05) is 0 Å². The van der Waals surface area contributed by atoms with E-state index in [2.05, 4.69) is 22.1 Å². The molecule has 0 unspecified atom stereocenters. The number of hydrogen-bond acceptors (Lipinski definition) is 2. The SMILES string of the molecule is O=C(NCCc1ccsc1)C1CCCC1. The molecule has 0 atom stereocenters. The zero-order valence-corrected chi connectivity index (χ0v) is 9.69. The fraction of sp³-hybridized carbons (Fsp3) is 0.583. The first-order valence-corrected chi connectivity index (χ1v) is 6.59. The van der Waals surface area contributed by atoms with Crippen molar-refractivity contribution < 1.29 is 4.79 Å². The van der Waals surface area contributed by atoms with Gasteiger partial charge in [0.2, 0.25) is 5.91 Å². The molecule has 1 amide bonds. The van der Waals surface area contributed by atoms with Crippen molar-refractivity contribution in [3.8, 4) is 0 Å². The lowest BCUT2D eigenvalue weighted by atomic mass is 10.1. The van der Waals surface area contributed by atoms with Crippen LogP contribution in [0.15, 0.2) is 16.8 Å². The Labute approximate surface area is 94.7 Å². The Morgan fingerprint density at radius 3 is 2.93 bits per heavy atom. The van der Waals surface area contributed by atoms with Crippen LogP contribution >= 0.6 is 11.3 Å². The molecular formula is C12H17NOS. The van der Waals surface area contributed by atoms with Crippen molar-refractivity contribution in [2.75, 3.05) is 6.54 Å². The molecule has 0 spiro atoms. The molecule has 0 aliphatic heterocycles. The van der Waals surface area contributed by atoms with E-state index in [0.717, 1.165) is 25.8 Å². The first-order chi connectivity index (χ1) is 7.36. The zero-order chi connectivity index (χ0) is 10.5. The van der Waals surface area contributed by atoms with Gasteiger partial charge in [0, 0.05) is 12.5 Å². The van der Waals surface area contributed by atoms with Crippen LogP contribution in [0, 0.1) is 5.92 Å². The third-order valence-corrected chi connectivity index (χ3v) is 3.75. The molecule has 0 radical (unpaired) electrons. The highest BCUT2D eigenvalue weighted by atomic mass is 32.1. The maximum absolute atomic E-state index is 11.7. The van der Waals surface area contributed by atoms with Gasteiger partial charge in [-0.2, -0.15) is 11.3 Å². The summed E-state index contributed by atoms with van der Waals surface area (Å²) in [5.41, 5.74) is 1.33. The van der Waals surface area contributed by atoms with Crippen LogP contribution in [0.1, 0.15) is 31.2 Å². The number of hydrogen-bond donors (Lipinski definition) is 1. The van der Waals surface area contributed by atoms with Gasteiger partial charge < -0.3 is 5.32 Å². The molecule has 2 rings (SSSR count). The molecule has 15 heavy (non-hydrogen) atoms. The molecule has 82 valence electrons. The molecule has 1 aromatic rings. The molecule has 0 bridgehead atoms. The second-order valence-electron chi connectivity index (χ2n) is 4.15. The molecule has 1 aliphatic carbocycles. The highest BCUT2D eigenvalue weighted by molar-refractivity contribution is 7.07. The van der Waals surface area contributed by atoms with E-state index < -0.39 is 0 Å². The standard InChI is InChI=1S/C12H17NOS/c14-12(11-3-1-2-4-11)13-7-5-10-6-8-15-9-10/h6,8-9,11H,1-5,7H2,(H,13,14). The van der Waals surface area contributed by atoms with Gasteiger partial charge in [0.05, 0.1) is 0 Å². The smallest absolute Gasteiger partial charge is 0.223 e. The molecule has 0 saturated heterocycles. The quantitative estimate of drug-likeness (QED) is 0.835. The van der Waals surface area contributed by atoms with Crippen molar-refractivity contribution >= 4 is 17.2 Å². The molecule has 1 aromatic heterocycles.